The van der Waals surface area contributed by atoms with Crippen molar-refractivity contribution in [3.8, 4) is 11.8 Å². The second-order valence-corrected chi connectivity index (χ2v) is 4.23. The smallest absolute Gasteiger partial charge is 0.123 e. The van der Waals surface area contributed by atoms with Crippen molar-refractivity contribution < 1.29 is 4.39 Å². The number of hydrogen-bond donors (Lipinski definition) is 1. The van der Waals surface area contributed by atoms with Crippen LogP contribution in [0.3, 0.4) is 0 Å². The summed E-state index contributed by atoms with van der Waals surface area (Å²) in [5.41, 5.74) is 1.12. The highest BCUT2D eigenvalue weighted by Gasteiger charge is 2.29. The molecule has 0 aliphatic heterocycles. The van der Waals surface area contributed by atoms with Crippen LogP contribution in [0.4, 0.5) is 4.39 Å². The van der Waals surface area contributed by atoms with Crippen molar-refractivity contribution in [2.24, 2.45) is 0 Å². The zero-order chi connectivity index (χ0) is 11.4. The van der Waals surface area contributed by atoms with Gasteiger partial charge in [0.15, 0.2) is 0 Å². The molecule has 0 saturated heterocycles. The molecule has 1 fully saturated rings. The Bertz CT molecular complexity index is 410. The molecule has 0 unspecified atom stereocenters. The topological polar surface area (TPSA) is 12.0 Å². The van der Waals surface area contributed by atoms with Gasteiger partial charge in [0.25, 0.3) is 0 Å². The third-order valence-electron chi connectivity index (χ3n) is 3.11. The van der Waals surface area contributed by atoms with E-state index in [1.54, 1.807) is 12.1 Å². The predicted octanol–water partition coefficient (Wildman–Crippen LogP) is 2.68. The van der Waals surface area contributed by atoms with Crippen molar-refractivity contribution in [3.05, 3.63) is 35.6 Å². The van der Waals surface area contributed by atoms with Crippen LogP contribution in [0.15, 0.2) is 24.3 Å². The molecule has 1 N–H and O–H groups in total. The highest BCUT2D eigenvalue weighted by atomic mass is 19.1. The van der Waals surface area contributed by atoms with Gasteiger partial charge < -0.3 is 5.32 Å². The van der Waals surface area contributed by atoms with Gasteiger partial charge in [-0.05, 0) is 43.4 Å². The lowest BCUT2D eigenvalue weighted by Gasteiger charge is -2.36. The summed E-state index contributed by atoms with van der Waals surface area (Å²) in [7, 11) is 0. The Morgan fingerprint density at radius 1 is 1.44 bits per heavy atom. The maximum atomic E-state index is 13.0. The first-order chi connectivity index (χ1) is 7.79. The maximum absolute atomic E-state index is 13.0. The lowest BCUT2D eigenvalue weighted by Crippen LogP contribution is -2.40. The van der Waals surface area contributed by atoms with Gasteiger partial charge in [0.05, 0.1) is 6.54 Å². The Morgan fingerprint density at radius 3 is 2.94 bits per heavy atom. The van der Waals surface area contributed by atoms with E-state index in [-0.39, 0.29) is 5.82 Å². The number of nitrogens with one attached hydrogen (secondary N) is 1. The van der Waals surface area contributed by atoms with Gasteiger partial charge in [-0.3, -0.25) is 0 Å². The quantitative estimate of drug-likeness (QED) is 0.768. The molecule has 0 atom stereocenters. The zero-order valence-electron chi connectivity index (χ0n) is 9.46. The average Bonchev–Trinajstić information content (AvgIpc) is 2.21. The molecule has 1 aliphatic rings. The van der Waals surface area contributed by atoms with Gasteiger partial charge in [-0.15, -0.1) is 5.92 Å². The Balaban J connectivity index is 1.81. The summed E-state index contributed by atoms with van der Waals surface area (Å²) in [6, 6.07) is 7.49. The van der Waals surface area contributed by atoms with E-state index < -0.39 is 0 Å². The molecule has 0 bridgehead atoms. The average molecular weight is 217 g/mol. The van der Waals surface area contributed by atoms with Crippen molar-refractivity contribution in [1.82, 2.24) is 5.32 Å². The van der Waals surface area contributed by atoms with Crippen molar-refractivity contribution >= 4 is 0 Å². The molecular weight excluding hydrogens is 201 g/mol. The molecule has 2 rings (SSSR count). The van der Waals surface area contributed by atoms with Crippen LogP contribution in [-0.4, -0.2) is 12.6 Å². The molecule has 1 saturated carbocycles. The minimum Gasteiger partial charge on any atom is -0.303 e. The van der Waals surface area contributed by atoms with Crippen molar-refractivity contribution in [2.75, 3.05) is 6.54 Å². The van der Waals surface area contributed by atoms with E-state index in [1.165, 1.54) is 6.07 Å². The molecular formula is C14H16FN. The highest BCUT2D eigenvalue weighted by molar-refractivity contribution is 5.23. The number of halogens is 1. The van der Waals surface area contributed by atoms with Gasteiger partial charge in [0.1, 0.15) is 5.82 Å². The summed E-state index contributed by atoms with van der Waals surface area (Å²) in [6.07, 6.45) is 2.18. The molecule has 0 aromatic heterocycles. The van der Waals surface area contributed by atoms with Crippen LogP contribution in [0.1, 0.15) is 31.2 Å². The third kappa shape index (κ3) is 2.62. The van der Waals surface area contributed by atoms with Gasteiger partial charge in [-0.25, -0.2) is 4.39 Å². The lowest BCUT2D eigenvalue weighted by atomic mass is 9.76. The monoisotopic (exact) mass is 217 g/mol. The SMILES string of the molecule is CC#CCNC1CC(c2cccc(F)c2)C1. The standard InChI is InChI=1S/C14H16FN/c1-2-3-7-16-14-9-12(10-14)11-5-4-6-13(15)8-11/h4-6,8,12,14,16H,7,9-10H2,1H3. The maximum Gasteiger partial charge on any atom is 0.123 e. The number of rotatable bonds is 3. The second kappa shape index (κ2) is 5.14. The third-order valence-corrected chi connectivity index (χ3v) is 3.11. The fraction of sp³-hybridized carbons (Fsp3) is 0.429. The van der Waals surface area contributed by atoms with E-state index in [4.69, 9.17) is 0 Å². The highest BCUT2D eigenvalue weighted by Crippen LogP contribution is 2.36. The van der Waals surface area contributed by atoms with Crippen molar-refractivity contribution in [1.29, 1.82) is 0 Å². The molecule has 2 heteroatoms. The summed E-state index contributed by atoms with van der Waals surface area (Å²) in [5, 5.41) is 3.37. The van der Waals surface area contributed by atoms with Crippen LogP contribution >= 0.6 is 0 Å². The first kappa shape index (κ1) is 11.2. The van der Waals surface area contributed by atoms with Crippen LogP contribution in [-0.2, 0) is 0 Å². The molecule has 1 aromatic rings. The minimum atomic E-state index is -0.134. The van der Waals surface area contributed by atoms with Crippen LogP contribution in [0.5, 0.6) is 0 Å². The number of benzene rings is 1. The van der Waals surface area contributed by atoms with E-state index in [1.807, 2.05) is 13.0 Å². The minimum absolute atomic E-state index is 0.134. The van der Waals surface area contributed by atoms with Crippen LogP contribution < -0.4 is 5.32 Å². The van der Waals surface area contributed by atoms with Crippen LogP contribution in [0, 0.1) is 17.7 Å². The molecule has 84 valence electrons. The molecule has 0 spiro atoms. The van der Waals surface area contributed by atoms with Gasteiger partial charge in [-0.2, -0.15) is 0 Å². The number of hydrogen-bond acceptors (Lipinski definition) is 1. The molecule has 0 heterocycles. The van der Waals surface area contributed by atoms with Gasteiger partial charge in [0, 0.05) is 6.04 Å². The molecule has 1 nitrogen and oxygen atoms in total. The Labute approximate surface area is 96.1 Å². The first-order valence-corrected chi connectivity index (χ1v) is 5.68. The van der Waals surface area contributed by atoms with E-state index in [0.717, 1.165) is 24.9 Å². The van der Waals surface area contributed by atoms with Crippen molar-refractivity contribution in [2.45, 2.75) is 31.7 Å². The first-order valence-electron chi connectivity index (χ1n) is 5.68. The predicted molar refractivity (Wildman–Crippen MR) is 63.6 cm³/mol. The van der Waals surface area contributed by atoms with Crippen LogP contribution in [0.25, 0.3) is 0 Å². The van der Waals surface area contributed by atoms with Gasteiger partial charge in [-0.1, -0.05) is 18.1 Å². The summed E-state index contributed by atoms with van der Waals surface area (Å²) in [5.74, 6) is 6.23. The molecule has 0 amide bonds. The Hall–Kier alpha value is -1.33. The second-order valence-electron chi connectivity index (χ2n) is 4.23. The normalized spacial score (nSPS) is 23.1. The molecule has 16 heavy (non-hydrogen) atoms. The van der Waals surface area contributed by atoms with Crippen molar-refractivity contribution in [3.63, 3.8) is 0 Å². The van der Waals surface area contributed by atoms with Gasteiger partial charge in [0.2, 0.25) is 0 Å². The summed E-state index contributed by atoms with van der Waals surface area (Å²) >= 11 is 0. The lowest BCUT2D eigenvalue weighted by molar-refractivity contribution is 0.300. The molecule has 0 radical (unpaired) electrons. The molecule has 1 aromatic carbocycles. The Kier molecular flexibility index (Phi) is 3.58. The van der Waals surface area contributed by atoms with E-state index in [0.29, 0.717) is 12.0 Å². The summed E-state index contributed by atoms with van der Waals surface area (Å²) in [4.78, 5) is 0. The molecule has 1 aliphatic carbocycles. The Morgan fingerprint density at radius 2 is 2.25 bits per heavy atom. The summed E-state index contributed by atoms with van der Waals surface area (Å²) < 4.78 is 13.0. The zero-order valence-corrected chi connectivity index (χ0v) is 9.46. The van der Waals surface area contributed by atoms with Crippen LogP contribution in [0.2, 0.25) is 0 Å². The summed E-state index contributed by atoms with van der Waals surface area (Å²) in [6.45, 7) is 2.61. The van der Waals surface area contributed by atoms with Gasteiger partial charge >= 0.3 is 0 Å². The fourth-order valence-electron chi connectivity index (χ4n) is 2.10. The van der Waals surface area contributed by atoms with E-state index in [2.05, 4.69) is 17.2 Å². The van der Waals surface area contributed by atoms with E-state index >= 15 is 0 Å². The fourth-order valence-corrected chi connectivity index (χ4v) is 2.10. The van der Waals surface area contributed by atoms with E-state index in [9.17, 15) is 4.39 Å². The largest absolute Gasteiger partial charge is 0.303 e.